The van der Waals surface area contributed by atoms with Crippen molar-refractivity contribution < 1.29 is 0 Å². The van der Waals surface area contributed by atoms with Gasteiger partial charge in [-0.3, -0.25) is 4.57 Å². The molecule has 0 radical (unpaired) electrons. The van der Waals surface area contributed by atoms with Crippen LogP contribution in [0.3, 0.4) is 0 Å². The average Bonchev–Trinajstić information content (AvgIpc) is 1.60. The topological polar surface area (TPSA) is 45.5 Å². The Morgan fingerprint density at radius 2 is 0.565 bits per heavy atom. The summed E-state index contributed by atoms with van der Waals surface area (Å²) in [5, 5.41) is 9.58. The van der Waals surface area contributed by atoms with E-state index in [0.29, 0.717) is 5.95 Å². The van der Waals surface area contributed by atoms with Crippen molar-refractivity contribution in [2.24, 2.45) is 0 Å². The van der Waals surface area contributed by atoms with Gasteiger partial charge in [0.05, 0.1) is 55.5 Å². The molecule has 0 fully saturated rings. The highest BCUT2D eigenvalue weighted by Crippen LogP contribution is 2.43. The molecular weight excluding hydrogens is 1120 g/mol. The standard InChI is InChI=1S/C86H60N6/c1-86(2,3)74-35-15-10-30-65(74)59-22-20-23-60(48-59)75-54-76(88-85(87-75)92-80-39-19-14-34-69(80)73-53-58(43-47-84(73)92)56-41-45-82-71(51-56)67-32-12-17-37-78(67)90(82)63-27-8-5-9-28-63)61-24-21-29-64(49-61)91-79-38-18-13-33-68(79)72-52-57(42-46-83(72)91)55-40-44-81-70(50-55)66-31-11-16-36-77(66)89(81)62-25-6-4-7-26-62/h4-54H,1-3H3. The van der Waals surface area contributed by atoms with E-state index in [2.05, 4.69) is 348 Å². The minimum absolute atomic E-state index is 0.0567. The molecule has 0 amide bonds. The lowest BCUT2D eigenvalue weighted by Gasteiger charge is -2.23. The van der Waals surface area contributed by atoms with E-state index >= 15 is 0 Å². The van der Waals surface area contributed by atoms with E-state index in [-0.39, 0.29) is 5.41 Å². The molecule has 0 aliphatic rings. The predicted molar refractivity (Wildman–Crippen MR) is 385 cm³/mol. The van der Waals surface area contributed by atoms with Gasteiger partial charge in [-0.1, -0.05) is 209 Å². The monoisotopic (exact) mass is 1180 g/mol. The number of fused-ring (bicyclic) bond motifs is 12. The molecule has 0 saturated carbocycles. The Labute approximate surface area is 532 Å². The largest absolute Gasteiger partial charge is 0.309 e. The van der Waals surface area contributed by atoms with E-state index < -0.39 is 0 Å². The minimum Gasteiger partial charge on any atom is -0.309 e. The van der Waals surface area contributed by atoms with E-state index in [9.17, 15) is 0 Å². The molecule has 0 saturated heterocycles. The van der Waals surface area contributed by atoms with Crippen LogP contribution in [0.15, 0.2) is 309 Å². The highest BCUT2D eigenvalue weighted by molar-refractivity contribution is 6.15. The van der Waals surface area contributed by atoms with Crippen LogP contribution in [0.25, 0.3) is 166 Å². The second-order valence-corrected chi connectivity index (χ2v) is 25.4. The highest BCUT2D eigenvalue weighted by Gasteiger charge is 2.23. The molecule has 0 atom stereocenters. The number of benzene rings is 13. The smallest absolute Gasteiger partial charge is 0.235 e. The maximum absolute atomic E-state index is 5.66. The Morgan fingerprint density at radius 3 is 1.02 bits per heavy atom. The number of para-hydroxylation sites is 6. The van der Waals surface area contributed by atoms with Gasteiger partial charge in [-0.05, 0) is 166 Å². The van der Waals surface area contributed by atoms with E-state index in [1.807, 2.05) is 0 Å². The quantitative estimate of drug-likeness (QED) is 0.145. The third-order valence-electron chi connectivity index (χ3n) is 18.9. The second-order valence-electron chi connectivity index (χ2n) is 25.4. The summed E-state index contributed by atoms with van der Waals surface area (Å²) in [5.74, 6) is 0.602. The molecule has 5 aromatic heterocycles. The van der Waals surface area contributed by atoms with Gasteiger partial charge in [-0.15, -0.1) is 0 Å². The second kappa shape index (κ2) is 20.9. The van der Waals surface area contributed by atoms with Gasteiger partial charge in [0.15, 0.2) is 0 Å². The Balaban J connectivity index is 0.786. The molecule has 0 N–H and O–H groups in total. The van der Waals surface area contributed by atoms with Crippen molar-refractivity contribution in [2.45, 2.75) is 26.2 Å². The van der Waals surface area contributed by atoms with E-state index in [1.165, 1.54) is 76.6 Å². The fraction of sp³-hybridized carbons (Fsp3) is 0.0465. The first-order valence-corrected chi connectivity index (χ1v) is 31.7. The summed E-state index contributed by atoms with van der Waals surface area (Å²) in [6.45, 7) is 6.86. The van der Waals surface area contributed by atoms with E-state index in [0.717, 1.165) is 89.1 Å². The molecule has 0 unspecified atom stereocenters. The molecule has 434 valence electrons. The number of nitrogens with zero attached hydrogens (tertiary/aromatic N) is 6. The van der Waals surface area contributed by atoms with Crippen LogP contribution in [0, 0.1) is 0 Å². The van der Waals surface area contributed by atoms with E-state index in [4.69, 9.17) is 9.97 Å². The van der Waals surface area contributed by atoms with Crippen LogP contribution >= 0.6 is 0 Å². The van der Waals surface area contributed by atoms with Crippen molar-refractivity contribution in [3.63, 3.8) is 0 Å². The van der Waals surface area contributed by atoms with E-state index in [1.54, 1.807) is 0 Å². The maximum Gasteiger partial charge on any atom is 0.235 e. The molecule has 5 heterocycles. The average molecular weight is 1180 g/mol. The summed E-state index contributed by atoms with van der Waals surface area (Å²) in [4.78, 5) is 11.3. The van der Waals surface area contributed by atoms with Crippen molar-refractivity contribution in [2.75, 3.05) is 0 Å². The third-order valence-corrected chi connectivity index (χ3v) is 18.9. The molecule has 0 spiro atoms. The Bertz CT molecular complexity index is 5990. The lowest BCUT2D eigenvalue weighted by molar-refractivity contribution is 0.592. The highest BCUT2D eigenvalue weighted by atomic mass is 15.2. The van der Waals surface area contributed by atoms with Gasteiger partial charge in [0, 0.05) is 71.3 Å². The summed E-state index contributed by atoms with van der Waals surface area (Å²) >= 11 is 0. The van der Waals surface area contributed by atoms with Crippen LogP contribution in [0.1, 0.15) is 26.3 Å². The van der Waals surface area contributed by atoms with Gasteiger partial charge in [-0.25, -0.2) is 9.97 Å². The van der Waals surface area contributed by atoms with Crippen molar-refractivity contribution in [3.05, 3.63) is 315 Å². The number of aromatic nitrogens is 6. The molecule has 18 aromatic rings. The summed E-state index contributed by atoms with van der Waals surface area (Å²) in [6, 6.07) is 113. The first kappa shape index (κ1) is 53.2. The van der Waals surface area contributed by atoms with Crippen LogP contribution in [0.5, 0.6) is 0 Å². The zero-order chi connectivity index (χ0) is 61.2. The fourth-order valence-electron chi connectivity index (χ4n) is 14.7. The molecular formula is C86H60N6. The van der Waals surface area contributed by atoms with Gasteiger partial charge in [-0.2, -0.15) is 0 Å². The molecule has 6 nitrogen and oxygen atoms in total. The van der Waals surface area contributed by atoms with Crippen molar-refractivity contribution in [1.29, 1.82) is 0 Å². The Morgan fingerprint density at radius 1 is 0.228 bits per heavy atom. The van der Waals surface area contributed by atoms with Crippen molar-refractivity contribution >= 4 is 87.2 Å². The molecule has 92 heavy (non-hydrogen) atoms. The summed E-state index contributed by atoms with van der Waals surface area (Å²) < 4.78 is 9.43. The first-order valence-electron chi connectivity index (χ1n) is 31.7. The zero-order valence-corrected chi connectivity index (χ0v) is 51.1. The minimum atomic E-state index is -0.0567. The lowest BCUT2D eigenvalue weighted by Crippen LogP contribution is -2.12. The number of rotatable bonds is 9. The molecule has 0 aliphatic carbocycles. The molecule has 18 rings (SSSR count). The summed E-state index contributed by atoms with van der Waals surface area (Å²) in [6.07, 6.45) is 0. The van der Waals surface area contributed by atoms with Crippen LogP contribution in [0.2, 0.25) is 0 Å². The summed E-state index contributed by atoms with van der Waals surface area (Å²) in [5.41, 5.74) is 24.4. The normalized spacial score (nSPS) is 12.1. The molecule has 0 bridgehead atoms. The zero-order valence-electron chi connectivity index (χ0n) is 51.1. The van der Waals surface area contributed by atoms with Gasteiger partial charge in [0.25, 0.3) is 0 Å². The molecule has 6 heteroatoms. The maximum atomic E-state index is 5.66. The number of hydrogen-bond donors (Lipinski definition) is 0. The SMILES string of the molecule is CC(C)(C)c1ccccc1-c1cccc(-c2cc(-c3cccc(-n4c5ccccc5c5cc(-c6ccc7c(c6)c6ccccc6n7-c6ccccc6)ccc54)c3)nc(-n3c4ccccc4c4cc(-c5ccc6c(c5)c5ccccc5n6-c5ccccc5)ccc43)n2)c1. The third kappa shape index (κ3) is 8.55. The van der Waals surface area contributed by atoms with Crippen LogP contribution in [0.4, 0.5) is 0 Å². The fourth-order valence-corrected chi connectivity index (χ4v) is 14.7. The van der Waals surface area contributed by atoms with Crippen molar-refractivity contribution in [1.82, 2.24) is 28.2 Å². The van der Waals surface area contributed by atoms with Crippen LogP contribution in [-0.2, 0) is 5.41 Å². The van der Waals surface area contributed by atoms with Gasteiger partial charge in [0.2, 0.25) is 5.95 Å². The lowest BCUT2D eigenvalue weighted by atomic mass is 9.81. The van der Waals surface area contributed by atoms with Gasteiger partial charge < -0.3 is 13.7 Å². The Kier molecular flexibility index (Phi) is 12.1. The van der Waals surface area contributed by atoms with Crippen molar-refractivity contribution in [3.8, 4) is 78.9 Å². The number of hydrogen-bond acceptors (Lipinski definition) is 2. The predicted octanol–water partition coefficient (Wildman–Crippen LogP) is 22.5. The molecule has 0 aliphatic heterocycles. The Hall–Kier alpha value is -11.9. The first-order chi connectivity index (χ1) is 45.3. The van der Waals surface area contributed by atoms with Gasteiger partial charge >= 0.3 is 0 Å². The summed E-state index contributed by atoms with van der Waals surface area (Å²) in [7, 11) is 0. The van der Waals surface area contributed by atoms with Crippen LogP contribution in [-0.4, -0.2) is 28.2 Å². The van der Waals surface area contributed by atoms with Gasteiger partial charge in [0.1, 0.15) is 0 Å². The molecule has 13 aromatic carbocycles. The van der Waals surface area contributed by atoms with Crippen LogP contribution < -0.4 is 0 Å².